The fraction of sp³-hybridized carbons (Fsp3) is 1.00. The Morgan fingerprint density at radius 3 is 1.24 bits per heavy atom. The van der Waals surface area contributed by atoms with Gasteiger partial charge in [0.1, 0.15) is 0 Å². The fourth-order valence-corrected chi connectivity index (χ4v) is 6.14. The lowest BCUT2D eigenvalue weighted by atomic mass is 10.0. The number of hydrogen-bond acceptors (Lipinski definition) is 5. The number of unbranched alkanes of at least 4 members (excludes halogenated alkanes) is 14. The van der Waals surface area contributed by atoms with Crippen molar-refractivity contribution in [2.45, 2.75) is 121 Å². The third-order valence-electron chi connectivity index (χ3n) is 6.70. The van der Waals surface area contributed by atoms with Gasteiger partial charge in [-0.15, -0.1) is 0 Å². The van der Waals surface area contributed by atoms with Crippen molar-refractivity contribution in [1.82, 2.24) is 0 Å². The van der Waals surface area contributed by atoms with Crippen molar-refractivity contribution in [2.75, 3.05) is 48.6 Å². The first-order valence-electron chi connectivity index (χ1n) is 13.7. The van der Waals surface area contributed by atoms with Crippen LogP contribution in [0, 0.1) is 0 Å². The molecule has 0 amide bonds. The highest BCUT2D eigenvalue weighted by Crippen LogP contribution is 2.15. The molecular weight excluding hydrogens is 470 g/mol. The van der Waals surface area contributed by atoms with Gasteiger partial charge in [0.25, 0.3) is 0 Å². The average Bonchev–Trinajstić information content (AvgIpc) is 2.85. The molecule has 0 aromatic rings. The van der Waals surface area contributed by atoms with E-state index in [2.05, 4.69) is 5.32 Å². The molecule has 34 heavy (non-hydrogen) atoms. The molecule has 8 heteroatoms. The highest BCUT2D eigenvalue weighted by Gasteiger charge is 2.37. The molecule has 0 aromatic carbocycles. The Kier molecular flexibility index (Phi) is 29.8. The lowest BCUT2D eigenvalue weighted by molar-refractivity contribution is -0.655. The molecule has 6 nitrogen and oxygen atoms in total. The molecule has 208 valence electrons. The number of quaternary nitrogens is 1. The first-order valence-corrected chi connectivity index (χ1v) is 15.6. The van der Waals surface area contributed by atoms with Crippen LogP contribution in [0.2, 0.25) is 6.04 Å². The van der Waals surface area contributed by atoms with Gasteiger partial charge in [0, 0.05) is 48.0 Å². The van der Waals surface area contributed by atoms with E-state index in [1.807, 2.05) is 0 Å². The minimum Gasteiger partial charge on any atom is -1.00 e. The number of nitrogens with two attached hydrogens (primary N) is 1. The van der Waals surface area contributed by atoms with Crippen LogP contribution in [0.4, 0.5) is 0 Å². The van der Waals surface area contributed by atoms with E-state index in [1.165, 1.54) is 103 Å². The number of halogens is 1. The van der Waals surface area contributed by atoms with Crippen molar-refractivity contribution >= 4 is 8.80 Å². The summed E-state index contributed by atoms with van der Waals surface area (Å²) in [6.45, 7) is 2.37. The molecule has 0 saturated heterocycles. The molecule has 0 unspecified atom stereocenters. The zero-order valence-electron chi connectivity index (χ0n) is 23.2. The van der Waals surface area contributed by atoms with E-state index in [1.54, 1.807) is 35.5 Å². The van der Waals surface area contributed by atoms with Crippen LogP contribution in [0.3, 0.4) is 0 Å². The van der Waals surface area contributed by atoms with Crippen LogP contribution >= 0.6 is 0 Å². The van der Waals surface area contributed by atoms with Crippen molar-refractivity contribution < 1.29 is 40.5 Å². The molecule has 0 rings (SSSR count). The Bertz CT molecular complexity index is 380. The Morgan fingerprint density at radius 1 is 0.500 bits per heavy atom. The molecule has 0 aliphatic rings. The van der Waals surface area contributed by atoms with E-state index in [0.717, 1.165) is 25.4 Å². The van der Waals surface area contributed by atoms with Gasteiger partial charge in [0.15, 0.2) is 6.29 Å². The zero-order chi connectivity index (χ0) is 24.5. The maximum Gasteiger partial charge on any atom is 0.500 e. The Labute approximate surface area is 219 Å². The monoisotopic (exact) mass is 527 g/mol. The summed E-state index contributed by atoms with van der Waals surface area (Å²) in [5.41, 5.74) is 0. The maximum absolute atomic E-state index is 5.46. The van der Waals surface area contributed by atoms with Crippen LogP contribution in [-0.2, 0) is 22.8 Å². The highest BCUT2D eigenvalue weighted by atomic mass is 35.5. The molecule has 0 spiro atoms. The predicted molar refractivity (Wildman–Crippen MR) is 140 cm³/mol. The van der Waals surface area contributed by atoms with E-state index in [0.29, 0.717) is 0 Å². The molecule has 0 heterocycles. The third kappa shape index (κ3) is 21.5. The molecule has 2 N–H and O–H groups in total. The summed E-state index contributed by atoms with van der Waals surface area (Å²) in [5.74, 6) is 0. The smallest absolute Gasteiger partial charge is 0.500 e. The second-order valence-corrected chi connectivity index (χ2v) is 12.3. The Balaban J connectivity index is 0. The van der Waals surface area contributed by atoms with E-state index >= 15 is 0 Å². The first kappa shape index (κ1) is 36.4. The summed E-state index contributed by atoms with van der Waals surface area (Å²) in [5, 5.41) is 2.43. The van der Waals surface area contributed by atoms with Crippen LogP contribution in [0.25, 0.3) is 0 Å². The minimum absolute atomic E-state index is 0. The molecule has 0 bridgehead atoms. The summed E-state index contributed by atoms with van der Waals surface area (Å²) < 4.78 is 26.8. The molecular formula is C26H58ClNO5Si. The van der Waals surface area contributed by atoms with Crippen LogP contribution in [0.5, 0.6) is 0 Å². The van der Waals surface area contributed by atoms with Gasteiger partial charge in [-0.3, -0.25) is 0 Å². The summed E-state index contributed by atoms with van der Waals surface area (Å²) >= 11 is 0. The predicted octanol–water partition coefficient (Wildman–Crippen LogP) is 2.68. The van der Waals surface area contributed by atoms with Gasteiger partial charge in [-0.1, -0.05) is 77.0 Å². The van der Waals surface area contributed by atoms with Gasteiger partial charge in [-0.2, -0.15) is 0 Å². The number of ether oxygens (including phenoxy) is 2. The van der Waals surface area contributed by atoms with Crippen molar-refractivity contribution in [1.29, 1.82) is 0 Å². The highest BCUT2D eigenvalue weighted by molar-refractivity contribution is 6.60. The lowest BCUT2D eigenvalue weighted by Crippen LogP contribution is -3.00. The van der Waals surface area contributed by atoms with Gasteiger partial charge in [-0.05, 0) is 25.7 Å². The SMILES string of the molecule is COC(CCCCCCCCCCCCCCCCC[NH2+]CCC[Si](OC)(OC)OC)OC.[Cl-]. The van der Waals surface area contributed by atoms with Crippen LogP contribution in [0.1, 0.15) is 109 Å². The second-order valence-electron chi connectivity index (χ2n) is 9.26. The normalized spacial score (nSPS) is 11.8. The third-order valence-corrected chi connectivity index (χ3v) is 9.53. The molecule has 0 saturated carbocycles. The molecule has 0 atom stereocenters. The van der Waals surface area contributed by atoms with Crippen LogP contribution in [-0.4, -0.2) is 63.7 Å². The second kappa shape index (κ2) is 27.8. The molecule has 0 aliphatic heterocycles. The summed E-state index contributed by atoms with van der Waals surface area (Å²) in [7, 11) is 6.15. The van der Waals surface area contributed by atoms with Crippen molar-refractivity contribution in [3.8, 4) is 0 Å². The van der Waals surface area contributed by atoms with Gasteiger partial charge in [0.2, 0.25) is 0 Å². The van der Waals surface area contributed by atoms with E-state index in [4.69, 9.17) is 22.8 Å². The Hall–Kier alpha value is 0.267. The van der Waals surface area contributed by atoms with E-state index in [9.17, 15) is 0 Å². The lowest BCUT2D eigenvalue weighted by Gasteiger charge is -2.23. The van der Waals surface area contributed by atoms with Gasteiger partial charge in [0.05, 0.1) is 13.1 Å². The first-order chi connectivity index (χ1) is 16.2. The molecule has 0 radical (unpaired) electrons. The van der Waals surface area contributed by atoms with Crippen LogP contribution < -0.4 is 17.7 Å². The zero-order valence-corrected chi connectivity index (χ0v) is 25.0. The maximum atomic E-state index is 5.46. The van der Waals surface area contributed by atoms with Crippen molar-refractivity contribution in [3.05, 3.63) is 0 Å². The average molecular weight is 528 g/mol. The number of methoxy groups -OCH3 is 2. The fourth-order valence-electron chi connectivity index (χ4n) is 4.39. The summed E-state index contributed by atoms with van der Waals surface area (Å²) in [6.07, 6.45) is 22.8. The topological polar surface area (TPSA) is 62.8 Å². The molecule has 0 fully saturated rings. The molecule has 0 aliphatic carbocycles. The van der Waals surface area contributed by atoms with E-state index in [-0.39, 0.29) is 18.7 Å². The van der Waals surface area contributed by atoms with E-state index < -0.39 is 8.80 Å². The Morgan fingerprint density at radius 2 is 0.853 bits per heavy atom. The number of rotatable bonds is 27. The standard InChI is InChI=1S/C26H57NO5Si.ClH/c1-28-26(29-2)22-19-17-15-13-11-9-7-6-8-10-12-14-16-18-20-23-27-24-21-25-33(30-3,31-4)32-5;/h26-27H,6-25H2,1-5H3;1H. The quantitative estimate of drug-likeness (QED) is 0.101. The number of hydrogen-bond donors (Lipinski definition) is 1. The van der Waals surface area contributed by atoms with Gasteiger partial charge < -0.3 is 40.5 Å². The molecule has 0 aromatic heterocycles. The largest absolute Gasteiger partial charge is 1.00 e. The van der Waals surface area contributed by atoms with Gasteiger partial charge in [-0.25, -0.2) is 0 Å². The van der Waals surface area contributed by atoms with Crippen molar-refractivity contribution in [3.63, 3.8) is 0 Å². The van der Waals surface area contributed by atoms with Gasteiger partial charge >= 0.3 is 8.80 Å². The summed E-state index contributed by atoms with van der Waals surface area (Å²) in [4.78, 5) is 0. The summed E-state index contributed by atoms with van der Waals surface area (Å²) in [6, 6.07) is 0.901. The minimum atomic E-state index is -2.36. The van der Waals surface area contributed by atoms with Crippen LogP contribution in [0.15, 0.2) is 0 Å². The van der Waals surface area contributed by atoms with Crippen molar-refractivity contribution in [2.24, 2.45) is 0 Å².